The van der Waals surface area contributed by atoms with E-state index in [0.29, 0.717) is 11.5 Å². The number of carbonyl (C=O) groups is 2. The lowest BCUT2D eigenvalue weighted by Gasteiger charge is -2.13. The average Bonchev–Trinajstić information content (AvgIpc) is 2.47. The van der Waals surface area contributed by atoms with Gasteiger partial charge in [0.05, 0.1) is 0 Å². The summed E-state index contributed by atoms with van der Waals surface area (Å²) in [4.78, 5) is 29.8. The van der Waals surface area contributed by atoms with Crippen LogP contribution in [0.15, 0.2) is 42.5 Å². The third-order valence-corrected chi connectivity index (χ3v) is 2.96. The number of aromatic nitrogens is 1. The van der Waals surface area contributed by atoms with E-state index in [-0.39, 0.29) is 0 Å². The minimum atomic E-state index is -0.756. The van der Waals surface area contributed by atoms with Crippen LogP contribution in [-0.2, 0) is 9.59 Å². The second-order valence-corrected chi connectivity index (χ2v) is 5.02. The second kappa shape index (κ2) is 6.71. The van der Waals surface area contributed by atoms with E-state index in [1.807, 2.05) is 44.1 Å². The number of nitrogens with zero attached hydrogens (tertiary/aromatic N) is 2. The molecule has 1 heterocycles. The maximum absolute atomic E-state index is 11.9. The number of amides is 2. The fourth-order valence-electron chi connectivity index (χ4n) is 1.84. The highest BCUT2D eigenvalue weighted by Crippen LogP contribution is 2.17. The number of rotatable bonds is 3. The van der Waals surface area contributed by atoms with Gasteiger partial charge in [0.15, 0.2) is 0 Å². The Kier molecular flexibility index (Phi) is 4.73. The van der Waals surface area contributed by atoms with Gasteiger partial charge in [0, 0.05) is 31.2 Å². The number of hydrogen-bond acceptors (Lipinski definition) is 4. The van der Waals surface area contributed by atoms with E-state index in [4.69, 9.17) is 0 Å². The summed E-state index contributed by atoms with van der Waals surface area (Å²) in [5.74, 6) is -1.14. The van der Waals surface area contributed by atoms with Crippen LogP contribution in [0.3, 0.4) is 0 Å². The van der Waals surface area contributed by atoms with Gasteiger partial charge < -0.3 is 15.5 Å². The zero-order valence-corrected chi connectivity index (χ0v) is 12.8. The van der Waals surface area contributed by atoms with Crippen LogP contribution in [0, 0.1) is 6.92 Å². The number of anilines is 3. The molecule has 0 bridgehead atoms. The molecule has 0 fully saturated rings. The number of nitrogens with one attached hydrogen (secondary N) is 2. The van der Waals surface area contributed by atoms with Gasteiger partial charge in [0.25, 0.3) is 0 Å². The Bertz CT molecular complexity index is 698. The zero-order valence-electron chi connectivity index (χ0n) is 12.8. The Morgan fingerprint density at radius 3 is 2.36 bits per heavy atom. The fraction of sp³-hybridized carbons (Fsp3) is 0.188. The highest BCUT2D eigenvalue weighted by molar-refractivity contribution is 6.43. The van der Waals surface area contributed by atoms with Crippen LogP contribution in [0.25, 0.3) is 0 Å². The molecule has 2 rings (SSSR count). The van der Waals surface area contributed by atoms with Gasteiger partial charge in [0.2, 0.25) is 0 Å². The van der Waals surface area contributed by atoms with Crippen LogP contribution >= 0.6 is 0 Å². The van der Waals surface area contributed by atoms with E-state index >= 15 is 0 Å². The number of carbonyl (C=O) groups excluding carboxylic acids is 2. The molecule has 22 heavy (non-hydrogen) atoms. The van der Waals surface area contributed by atoms with Crippen LogP contribution in [0.1, 0.15) is 5.69 Å². The van der Waals surface area contributed by atoms with E-state index in [9.17, 15) is 9.59 Å². The van der Waals surface area contributed by atoms with Crippen molar-refractivity contribution in [3.05, 3.63) is 48.2 Å². The van der Waals surface area contributed by atoms with Crippen LogP contribution in [0.5, 0.6) is 0 Å². The number of pyridine rings is 1. The Hall–Kier alpha value is -2.89. The molecular formula is C16H18N4O2. The van der Waals surface area contributed by atoms with Gasteiger partial charge in [-0.05, 0) is 37.3 Å². The minimum Gasteiger partial charge on any atom is -0.378 e. The summed E-state index contributed by atoms with van der Waals surface area (Å²) in [6, 6.07) is 12.4. The summed E-state index contributed by atoms with van der Waals surface area (Å²) < 4.78 is 0. The van der Waals surface area contributed by atoms with E-state index in [2.05, 4.69) is 15.6 Å². The van der Waals surface area contributed by atoms with Gasteiger partial charge in [-0.1, -0.05) is 12.1 Å². The van der Waals surface area contributed by atoms with E-state index < -0.39 is 11.8 Å². The van der Waals surface area contributed by atoms with Crippen LogP contribution in [0.2, 0.25) is 0 Å². The van der Waals surface area contributed by atoms with Crippen molar-refractivity contribution in [2.45, 2.75) is 6.92 Å². The fourth-order valence-corrected chi connectivity index (χ4v) is 1.84. The minimum absolute atomic E-state index is 0.349. The zero-order chi connectivity index (χ0) is 16.1. The first kappa shape index (κ1) is 15.5. The van der Waals surface area contributed by atoms with Gasteiger partial charge in [-0.3, -0.25) is 9.59 Å². The molecule has 2 N–H and O–H groups in total. The van der Waals surface area contributed by atoms with Gasteiger partial charge in [-0.15, -0.1) is 0 Å². The predicted molar refractivity (Wildman–Crippen MR) is 87.0 cm³/mol. The average molecular weight is 298 g/mol. The highest BCUT2D eigenvalue weighted by Gasteiger charge is 2.14. The summed E-state index contributed by atoms with van der Waals surface area (Å²) in [5.41, 5.74) is 2.25. The van der Waals surface area contributed by atoms with Gasteiger partial charge in [-0.2, -0.15) is 0 Å². The Morgan fingerprint density at radius 2 is 1.68 bits per heavy atom. The smallest absolute Gasteiger partial charge is 0.315 e. The predicted octanol–water partition coefficient (Wildman–Crippen LogP) is 2.03. The first-order valence-electron chi connectivity index (χ1n) is 6.79. The summed E-state index contributed by atoms with van der Waals surface area (Å²) in [7, 11) is 3.80. The Labute approximate surface area is 129 Å². The molecule has 0 unspecified atom stereocenters. The first-order valence-corrected chi connectivity index (χ1v) is 6.79. The van der Waals surface area contributed by atoms with Crippen LogP contribution in [0.4, 0.5) is 17.2 Å². The van der Waals surface area contributed by atoms with Crippen molar-refractivity contribution < 1.29 is 9.59 Å². The van der Waals surface area contributed by atoms with Gasteiger partial charge >= 0.3 is 11.8 Å². The third-order valence-electron chi connectivity index (χ3n) is 2.96. The summed E-state index contributed by atoms with van der Waals surface area (Å²) in [6.07, 6.45) is 0. The quantitative estimate of drug-likeness (QED) is 0.850. The van der Waals surface area contributed by atoms with Gasteiger partial charge in [-0.25, -0.2) is 4.98 Å². The van der Waals surface area contributed by atoms with Crippen molar-refractivity contribution in [1.82, 2.24) is 4.98 Å². The maximum atomic E-state index is 11.9. The first-order chi connectivity index (χ1) is 10.5. The summed E-state index contributed by atoms with van der Waals surface area (Å²) >= 11 is 0. The SMILES string of the molecule is Cc1cccc(NC(=O)C(=O)Nc2cccc(N(C)C)c2)n1. The lowest BCUT2D eigenvalue weighted by Crippen LogP contribution is -2.29. The molecule has 0 aliphatic carbocycles. The standard InChI is InChI=1S/C16H18N4O2/c1-11-6-4-9-14(17-11)19-16(22)15(21)18-12-7-5-8-13(10-12)20(2)3/h4-10H,1-3H3,(H,18,21)(H,17,19,22). The molecule has 2 amide bonds. The topological polar surface area (TPSA) is 74.3 Å². The molecule has 1 aromatic heterocycles. The molecule has 2 aromatic rings. The molecule has 0 radical (unpaired) electrons. The molecule has 114 valence electrons. The van der Waals surface area contributed by atoms with E-state index in [1.165, 1.54) is 0 Å². The summed E-state index contributed by atoms with van der Waals surface area (Å²) in [5, 5.41) is 5.03. The molecule has 1 aromatic carbocycles. The molecular weight excluding hydrogens is 280 g/mol. The molecule has 0 atom stereocenters. The molecule has 0 saturated heterocycles. The molecule has 6 heteroatoms. The van der Waals surface area contributed by atoms with Crippen molar-refractivity contribution in [3.8, 4) is 0 Å². The van der Waals surface area contributed by atoms with Crippen molar-refractivity contribution >= 4 is 29.0 Å². The lowest BCUT2D eigenvalue weighted by atomic mass is 10.2. The third kappa shape index (κ3) is 4.05. The Balaban J connectivity index is 2.02. The molecule has 0 aliphatic rings. The lowest BCUT2D eigenvalue weighted by molar-refractivity contribution is -0.133. The number of benzene rings is 1. The molecule has 0 saturated carbocycles. The van der Waals surface area contributed by atoms with Crippen molar-refractivity contribution in [1.29, 1.82) is 0 Å². The summed E-state index contributed by atoms with van der Waals surface area (Å²) in [6.45, 7) is 1.81. The maximum Gasteiger partial charge on any atom is 0.315 e. The van der Waals surface area contributed by atoms with Crippen molar-refractivity contribution in [3.63, 3.8) is 0 Å². The highest BCUT2D eigenvalue weighted by atomic mass is 16.2. The second-order valence-electron chi connectivity index (χ2n) is 5.02. The number of aryl methyl sites for hydroxylation is 1. The van der Waals surface area contributed by atoms with Gasteiger partial charge in [0.1, 0.15) is 5.82 Å². The van der Waals surface area contributed by atoms with Crippen molar-refractivity contribution in [2.75, 3.05) is 29.6 Å². The molecule has 0 aliphatic heterocycles. The molecule has 6 nitrogen and oxygen atoms in total. The largest absolute Gasteiger partial charge is 0.378 e. The van der Waals surface area contributed by atoms with Crippen molar-refractivity contribution in [2.24, 2.45) is 0 Å². The van der Waals surface area contributed by atoms with E-state index in [0.717, 1.165) is 11.4 Å². The normalized spacial score (nSPS) is 9.95. The molecule has 0 spiro atoms. The Morgan fingerprint density at radius 1 is 1.00 bits per heavy atom. The number of hydrogen-bond donors (Lipinski definition) is 2. The van der Waals surface area contributed by atoms with Crippen LogP contribution in [-0.4, -0.2) is 30.9 Å². The van der Waals surface area contributed by atoms with Crippen LogP contribution < -0.4 is 15.5 Å². The van der Waals surface area contributed by atoms with E-state index in [1.54, 1.807) is 24.3 Å². The monoisotopic (exact) mass is 298 g/mol.